The number of rotatable bonds is 4. The van der Waals surface area contributed by atoms with E-state index in [4.69, 9.17) is 0 Å². The van der Waals surface area contributed by atoms with Gasteiger partial charge in [-0.25, -0.2) is 8.42 Å². The van der Waals surface area contributed by atoms with Crippen LogP contribution in [0.3, 0.4) is 0 Å². The van der Waals surface area contributed by atoms with Crippen molar-refractivity contribution in [2.75, 3.05) is 4.72 Å². The van der Waals surface area contributed by atoms with Crippen LogP contribution in [0.1, 0.15) is 0 Å². The van der Waals surface area contributed by atoms with Crippen LogP contribution in [0.5, 0.6) is 0 Å². The van der Waals surface area contributed by atoms with Crippen molar-refractivity contribution in [3.63, 3.8) is 0 Å². The van der Waals surface area contributed by atoms with Gasteiger partial charge in [-0.1, -0.05) is 36.4 Å². The van der Waals surface area contributed by atoms with E-state index in [9.17, 15) is 22.9 Å². The van der Waals surface area contributed by atoms with Crippen molar-refractivity contribution in [2.45, 2.75) is 4.90 Å². The highest BCUT2D eigenvalue weighted by atomic mass is 32.2. The second-order valence-electron chi connectivity index (χ2n) is 5.00. The van der Waals surface area contributed by atoms with Crippen LogP contribution in [-0.2, 0) is 10.0 Å². The Labute approximate surface area is 136 Å². The molecule has 0 radical (unpaired) electrons. The molecule has 0 fully saturated rings. The van der Waals surface area contributed by atoms with Crippen LogP contribution in [0.15, 0.2) is 65.6 Å². The van der Waals surface area contributed by atoms with Gasteiger partial charge in [0.05, 0.1) is 15.5 Å². The summed E-state index contributed by atoms with van der Waals surface area (Å²) in [6, 6.07) is 14.7. The van der Waals surface area contributed by atoms with E-state index in [0.29, 0.717) is 17.1 Å². The maximum Gasteiger partial charge on any atom is 0.306 e. The molecule has 1 N–H and O–H groups in total. The van der Waals surface area contributed by atoms with Gasteiger partial charge in [0.15, 0.2) is 0 Å². The first-order valence-corrected chi connectivity index (χ1v) is 8.31. The number of nitro benzene ring substituents is 1. The molecule has 0 heterocycles. The van der Waals surface area contributed by atoms with Crippen LogP contribution in [0.2, 0.25) is 0 Å². The standard InChI is InChI=1S/C16H11FN2O4S/c17-14-9-8-12(10-16(14)19(20)21)24(22,23)18-15-7-3-5-11-4-1-2-6-13(11)15/h1-10,18H. The minimum absolute atomic E-state index is 0.333. The van der Waals surface area contributed by atoms with E-state index in [1.807, 2.05) is 18.2 Å². The first kappa shape index (κ1) is 15.9. The van der Waals surface area contributed by atoms with Gasteiger partial charge in [0.25, 0.3) is 10.0 Å². The third-order valence-corrected chi connectivity index (χ3v) is 4.82. The summed E-state index contributed by atoms with van der Waals surface area (Å²) in [6.07, 6.45) is 0. The summed E-state index contributed by atoms with van der Waals surface area (Å²) in [4.78, 5) is 9.43. The average molecular weight is 346 g/mol. The van der Waals surface area contributed by atoms with Crippen LogP contribution < -0.4 is 4.72 Å². The maximum absolute atomic E-state index is 13.4. The van der Waals surface area contributed by atoms with E-state index in [0.717, 1.165) is 17.5 Å². The molecule has 0 bridgehead atoms. The number of anilines is 1. The highest BCUT2D eigenvalue weighted by Crippen LogP contribution is 2.27. The van der Waals surface area contributed by atoms with Gasteiger partial charge in [0.2, 0.25) is 5.82 Å². The summed E-state index contributed by atoms with van der Waals surface area (Å²) in [7, 11) is -4.10. The van der Waals surface area contributed by atoms with Gasteiger partial charge in [0.1, 0.15) is 0 Å². The van der Waals surface area contributed by atoms with E-state index in [2.05, 4.69) is 4.72 Å². The summed E-state index contributed by atoms with van der Waals surface area (Å²) in [5, 5.41) is 12.3. The lowest BCUT2D eigenvalue weighted by Gasteiger charge is -2.10. The lowest BCUT2D eigenvalue weighted by molar-refractivity contribution is -0.387. The molecule has 3 aromatic carbocycles. The van der Waals surface area contributed by atoms with Gasteiger partial charge in [0, 0.05) is 11.5 Å². The molecule has 3 rings (SSSR count). The molecule has 122 valence electrons. The van der Waals surface area contributed by atoms with E-state index in [-0.39, 0.29) is 4.90 Å². The Morgan fingerprint density at radius 1 is 1.00 bits per heavy atom. The van der Waals surface area contributed by atoms with E-state index >= 15 is 0 Å². The van der Waals surface area contributed by atoms with E-state index in [1.54, 1.807) is 24.3 Å². The molecule has 0 aliphatic heterocycles. The SMILES string of the molecule is O=[N+]([O-])c1cc(S(=O)(=O)Nc2cccc3ccccc23)ccc1F. The van der Waals surface area contributed by atoms with Crippen LogP contribution in [0, 0.1) is 15.9 Å². The number of hydrogen-bond donors (Lipinski definition) is 1. The van der Waals surface area contributed by atoms with Crippen LogP contribution in [0.25, 0.3) is 10.8 Å². The fraction of sp³-hybridized carbons (Fsp3) is 0. The van der Waals surface area contributed by atoms with Gasteiger partial charge in [-0.3, -0.25) is 14.8 Å². The van der Waals surface area contributed by atoms with Gasteiger partial charge in [-0.05, 0) is 23.6 Å². The molecule has 24 heavy (non-hydrogen) atoms. The number of benzene rings is 3. The Balaban J connectivity index is 2.05. The Kier molecular flexibility index (Phi) is 3.90. The molecule has 0 saturated heterocycles. The molecule has 0 spiro atoms. The van der Waals surface area contributed by atoms with Crippen molar-refractivity contribution < 1.29 is 17.7 Å². The highest BCUT2D eigenvalue weighted by Gasteiger charge is 2.22. The molecule has 0 aliphatic carbocycles. The minimum atomic E-state index is -4.10. The molecule has 0 aliphatic rings. The monoisotopic (exact) mass is 346 g/mol. The molecule has 0 aromatic heterocycles. The van der Waals surface area contributed by atoms with Gasteiger partial charge < -0.3 is 0 Å². The number of nitro groups is 1. The smallest absolute Gasteiger partial charge is 0.279 e. The topological polar surface area (TPSA) is 89.3 Å². The Morgan fingerprint density at radius 3 is 2.46 bits per heavy atom. The van der Waals surface area contributed by atoms with Gasteiger partial charge in [-0.15, -0.1) is 0 Å². The lowest BCUT2D eigenvalue weighted by Crippen LogP contribution is -2.13. The third kappa shape index (κ3) is 2.91. The number of nitrogens with zero attached hydrogens (tertiary/aromatic N) is 1. The van der Waals surface area contributed by atoms with Crippen LogP contribution in [0.4, 0.5) is 15.8 Å². The second-order valence-corrected chi connectivity index (χ2v) is 6.68. The molecule has 0 saturated carbocycles. The normalized spacial score (nSPS) is 11.4. The summed E-state index contributed by atoms with van der Waals surface area (Å²) >= 11 is 0. The van der Waals surface area contributed by atoms with E-state index in [1.165, 1.54) is 0 Å². The fourth-order valence-electron chi connectivity index (χ4n) is 2.32. The quantitative estimate of drug-likeness (QED) is 0.576. The second kappa shape index (κ2) is 5.89. The highest BCUT2D eigenvalue weighted by molar-refractivity contribution is 7.92. The Hall–Kier alpha value is -3.00. The predicted octanol–water partition coefficient (Wildman–Crippen LogP) is 3.69. The Bertz CT molecular complexity index is 1050. The molecule has 3 aromatic rings. The van der Waals surface area contributed by atoms with Crippen LogP contribution in [-0.4, -0.2) is 13.3 Å². The molecule has 0 atom stereocenters. The largest absolute Gasteiger partial charge is 0.306 e. The third-order valence-electron chi connectivity index (χ3n) is 3.46. The number of sulfonamides is 1. The zero-order chi connectivity index (χ0) is 17.3. The summed E-state index contributed by atoms with van der Waals surface area (Å²) in [6.45, 7) is 0. The molecule has 0 amide bonds. The predicted molar refractivity (Wildman–Crippen MR) is 87.8 cm³/mol. The van der Waals surface area contributed by atoms with Crippen molar-refractivity contribution in [1.82, 2.24) is 0 Å². The average Bonchev–Trinajstić information content (AvgIpc) is 2.55. The van der Waals surface area contributed by atoms with Crippen LogP contribution >= 0.6 is 0 Å². The number of hydrogen-bond acceptors (Lipinski definition) is 4. The van der Waals surface area contributed by atoms with Crippen molar-refractivity contribution in [1.29, 1.82) is 0 Å². The molecule has 6 nitrogen and oxygen atoms in total. The summed E-state index contributed by atoms with van der Waals surface area (Å²) in [5.41, 5.74) is -0.559. The molecular weight excluding hydrogens is 335 g/mol. The zero-order valence-electron chi connectivity index (χ0n) is 12.1. The number of halogens is 1. The molecular formula is C16H11FN2O4S. The Morgan fingerprint density at radius 2 is 1.71 bits per heavy atom. The maximum atomic E-state index is 13.4. The minimum Gasteiger partial charge on any atom is -0.279 e. The van der Waals surface area contributed by atoms with Gasteiger partial charge >= 0.3 is 5.69 Å². The van der Waals surface area contributed by atoms with Crippen molar-refractivity contribution in [3.8, 4) is 0 Å². The zero-order valence-corrected chi connectivity index (χ0v) is 13.0. The fourth-order valence-corrected chi connectivity index (χ4v) is 3.42. The molecule has 8 heteroatoms. The van der Waals surface area contributed by atoms with Crippen molar-refractivity contribution >= 4 is 32.2 Å². The summed E-state index contributed by atoms with van der Waals surface area (Å²) in [5.74, 6) is -1.09. The van der Waals surface area contributed by atoms with Gasteiger partial charge in [-0.2, -0.15) is 4.39 Å². The summed E-state index contributed by atoms with van der Waals surface area (Å²) < 4.78 is 40.7. The van der Waals surface area contributed by atoms with Crippen molar-refractivity contribution in [3.05, 3.63) is 76.6 Å². The number of fused-ring (bicyclic) bond motifs is 1. The van der Waals surface area contributed by atoms with E-state index < -0.39 is 26.5 Å². The first-order chi connectivity index (χ1) is 11.4. The van der Waals surface area contributed by atoms with Crippen molar-refractivity contribution in [2.24, 2.45) is 0 Å². The molecule has 0 unspecified atom stereocenters. The lowest BCUT2D eigenvalue weighted by atomic mass is 10.1. The number of nitrogens with one attached hydrogen (secondary N) is 1. The first-order valence-electron chi connectivity index (χ1n) is 6.83.